The van der Waals surface area contributed by atoms with Crippen LogP contribution in [-0.4, -0.2) is 32.3 Å². The van der Waals surface area contributed by atoms with Gasteiger partial charge in [-0.2, -0.15) is 5.10 Å². The number of carbonyl (C=O) groups excluding carboxylic acids is 1. The van der Waals surface area contributed by atoms with Crippen molar-refractivity contribution in [2.24, 2.45) is 10.8 Å². The van der Waals surface area contributed by atoms with Crippen LogP contribution in [0.2, 0.25) is 0 Å². The van der Waals surface area contributed by atoms with Gasteiger partial charge in [0, 0.05) is 17.5 Å². The number of urea groups is 1. The molecule has 1 atom stereocenters. The van der Waals surface area contributed by atoms with Crippen LogP contribution in [0.3, 0.4) is 0 Å². The number of rotatable bonds is 7. The first kappa shape index (κ1) is 19.3. The number of hydrogen-bond donors (Lipinski definition) is 2. The molecule has 148 valence electrons. The Morgan fingerprint density at radius 2 is 1.93 bits per heavy atom. The Hall–Kier alpha value is -3.42. The average molecular weight is 385 g/mol. The Labute approximate surface area is 163 Å². The highest BCUT2D eigenvalue weighted by Crippen LogP contribution is 2.42. The first-order valence-electron chi connectivity index (χ1n) is 8.77. The van der Waals surface area contributed by atoms with Gasteiger partial charge in [0.1, 0.15) is 18.1 Å². The number of carbonyl (C=O) groups is 1. The SMILES string of the molecule is COc1ccc([C@H](C)c2cc3c(cc2OC/C(C)=N/NC(N)=O)OCO3)cc1. The molecule has 3 rings (SSSR count). The highest BCUT2D eigenvalue weighted by Gasteiger charge is 2.22. The van der Waals surface area contributed by atoms with Crippen molar-refractivity contribution in [1.82, 2.24) is 5.43 Å². The van der Waals surface area contributed by atoms with E-state index >= 15 is 0 Å². The summed E-state index contributed by atoms with van der Waals surface area (Å²) in [6, 6.07) is 10.9. The first-order chi connectivity index (χ1) is 13.5. The van der Waals surface area contributed by atoms with Crippen molar-refractivity contribution >= 4 is 11.7 Å². The number of nitrogens with one attached hydrogen (secondary N) is 1. The van der Waals surface area contributed by atoms with E-state index in [1.54, 1.807) is 14.0 Å². The van der Waals surface area contributed by atoms with Crippen LogP contribution >= 0.6 is 0 Å². The van der Waals surface area contributed by atoms with Gasteiger partial charge in [0.05, 0.1) is 12.8 Å². The van der Waals surface area contributed by atoms with Crippen molar-refractivity contribution in [3.63, 3.8) is 0 Å². The maximum absolute atomic E-state index is 10.8. The standard InChI is InChI=1S/C20H23N3O5/c1-12(22-23-20(21)24)10-26-17-9-19-18(27-11-28-19)8-16(17)13(2)14-4-6-15(25-3)7-5-14/h4-9,13H,10-11H2,1-3H3,(H3,21,23,24)/b22-12+/t13-/m0/s1. The van der Waals surface area contributed by atoms with Crippen molar-refractivity contribution in [3.8, 4) is 23.0 Å². The molecule has 0 aromatic heterocycles. The van der Waals surface area contributed by atoms with Gasteiger partial charge in [-0.25, -0.2) is 10.2 Å². The second-order valence-corrected chi connectivity index (χ2v) is 6.35. The van der Waals surface area contributed by atoms with E-state index in [0.717, 1.165) is 16.9 Å². The summed E-state index contributed by atoms with van der Waals surface area (Å²) in [7, 11) is 1.64. The van der Waals surface area contributed by atoms with Crippen LogP contribution in [0.25, 0.3) is 0 Å². The minimum atomic E-state index is -0.726. The number of fused-ring (bicyclic) bond motifs is 1. The predicted molar refractivity (Wildman–Crippen MR) is 104 cm³/mol. The summed E-state index contributed by atoms with van der Waals surface area (Å²) in [4.78, 5) is 10.8. The summed E-state index contributed by atoms with van der Waals surface area (Å²) >= 11 is 0. The fraction of sp³-hybridized carbons (Fsp3) is 0.300. The van der Waals surface area contributed by atoms with Crippen LogP contribution in [0.1, 0.15) is 30.9 Å². The number of nitrogens with zero attached hydrogens (tertiary/aromatic N) is 1. The molecule has 2 aromatic carbocycles. The minimum Gasteiger partial charge on any atom is -0.497 e. The Morgan fingerprint density at radius 3 is 2.57 bits per heavy atom. The van der Waals surface area contributed by atoms with E-state index in [1.165, 1.54) is 0 Å². The highest BCUT2D eigenvalue weighted by molar-refractivity contribution is 5.85. The number of benzene rings is 2. The summed E-state index contributed by atoms with van der Waals surface area (Å²) in [6.45, 7) is 4.18. The van der Waals surface area contributed by atoms with Crippen molar-refractivity contribution in [2.45, 2.75) is 19.8 Å². The molecule has 0 radical (unpaired) electrons. The van der Waals surface area contributed by atoms with E-state index in [2.05, 4.69) is 17.5 Å². The zero-order valence-electron chi connectivity index (χ0n) is 16.0. The first-order valence-corrected chi connectivity index (χ1v) is 8.77. The van der Waals surface area contributed by atoms with Crippen LogP contribution in [0.4, 0.5) is 4.79 Å². The lowest BCUT2D eigenvalue weighted by Crippen LogP contribution is -2.26. The van der Waals surface area contributed by atoms with Gasteiger partial charge in [0.25, 0.3) is 0 Å². The molecule has 2 aromatic rings. The van der Waals surface area contributed by atoms with Gasteiger partial charge < -0.3 is 24.7 Å². The Kier molecular flexibility index (Phi) is 5.88. The minimum absolute atomic E-state index is 0.0383. The van der Waals surface area contributed by atoms with Gasteiger partial charge in [0.15, 0.2) is 11.5 Å². The summed E-state index contributed by atoms with van der Waals surface area (Å²) in [5.74, 6) is 2.80. The molecule has 0 spiro atoms. The van der Waals surface area contributed by atoms with Gasteiger partial charge >= 0.3 is 6.03 Å². The Bertz CT molecular complexity index is 880. The highest BCUT2D eigenvalue weighted by atomic mass is 16.7. The molecule has 1 heterocycles. The molecule has 0 saturated heterocycles. The summed E-state index contributed by atoms with van der Waals surface area (Å²) < 4.78 is 22.2. The van der Waals surface area contributed by atoms with Crippen molar-refractivity contribution in [1.29, 1.82) is 0 Å². The number of hydrogen-bond acceptors (Lipinski definition) is 6. The van der Waals surface area contributed by atoms with Crippen LogP contribution in [0, 0.1) is 0 Å². The van der Waals surface area contributed by atoms with Gasteiger partial charge in [-0.3, -0.25) is 0 Å². The maximum Gasteiger partial charge on any atom is 0.332 e. The fourth-order valence-electron chi connectivity index (χ4n) is 2.84. The zero-order chi connectivity index (χ0) is 20.1. The van der Waals surface area contributed by atoms with Gasteiger partial charge in [-0.15, -0.1) is 0 Å². The van der Waals surface area contributed by atoms with E-state index in [9.17, 15) is 4.79 Å². The zero-order valence-corrected chi connectivity index (χ0v) is 16.0. The number of amides is 2. The Balaban J connectivity index is 1.86. The molecule has 28 heavy (non-hydrogen) atoms. The van der Waals surface area contributed by atoms with Gasteiger partial charge in [0.2, 0.25) is 6.79 Å². The molecule has 0 saturated carbocycles. The second-order valence-electron chi connectivity index (χ2n) is 6.35. The molecule has 8 heteroatoms. The number of methoxy groups -OCH3 is 1. The van der Waals surface area contributed by atoms with Crippen LogP contribution in [0.15, 0.2) is 41.5 Å². The predicted octanol–water partition coefficient (Wildman–Crippen LogP) is 3.00. The third kappa shape index (κ3) is 4.46. The fourth-order valence-corrected chi connectivity index (χ4v) is 2.84. The molecular formula is C20H23N3O5. The van der Waals surface area contributed by atoms with Crippen molar-refractivity contribution in [3.05, 3.63) is 47.5 Å². The van der Waals surface area contributed by atoms with Gasteiger partial charge in [-0.1, -0.05) is 19.1 Å². The number of nitrogens with two attached hydrogens (primary N) is 1. The van der Waals surface area contributed by atoms with Crippen molar-refractivity contribution < 1.29 is 23.7 Å². The largest absolute Gasteiger partial charge is 0.497 e. The molecule has 0 aliphatic carbocycles. The maximum atomic E-state index is 10.8. The molecular weight excluding hydrogens is 362 g/mol. The molecule has 3 N–H and O–H groups in total. The summed E-state index contributed by atoms with van der Waals surface area (Å²) in [6.07, 6.45) is 0. The smallest absolute Gasteiger partial charge is 0.332 e. The average Bonchev–Trinajstić information content (AvgIpc) is 3.16. The van der Waals surface area contributed by atoms with Crippen LogP contribution < -0.4 is 30.1 Å². The molecule has 1 aliphatic rings. The molecule has 0 bridgehead atoms. The summed E-state index contributed by atoms with van der Waals surface area (Å²) in [5.41, 5.74) is 9.83. The quantitative estimate of drug-likeness (QED) is 0.563. The normalized spacial score (nSPS) is 13.8. The monoisotopic (exact) mass is 385 g/mol. The van der Waals surface area contributed by atoms with E-state index in [4.69, 9.17) is 24.7 Å². The van der Waals surface area contributed by atoms with Crippen LogP contribution in [-0.2, 0) is 0 Å². The lowest BCUT2D eigenvalue weighted by atomic mass is 9.92. The van der Waals surface area contributed by atoms with Crippen LogP contribution in [0.5, 0.6) is 23.0 Å². The Morgan fingerprint density at radius 1 is 1.25 bits per heavy atom. The molecule has 0 unspecified atom stereocenters. The number of primary amides is 1. The number of ether oxygens (including phenoxy) is 4. The number of hydrazone groups is 1. The third-order valence-electron chi connectivity index (χ3n) is 4.38. The molecule has 0 fully saturated rings. The molecule has 1 aliphatic heterocycles. The van der Waals surface area contributed by atoms with Gasteiger partial charge in [-0.05, 0) is 30.7 Å². The van der Waals surface area contributed by atoms with E-state index < -0.39 is 6.03 Å². The molecule has 2 amide bonds. The lowest BCUT2D eigenvalue weighted by Gasteiger charge is -2.18. The molecule has 8 nitrogen and oxygen atoms in total. The lowest BCUT2D eigenvalue weighted by molar-refractivity contribution is 0.174. The van der Waals surface area contributed by atoms with Crippen molar-refractivity contribution in [2.75, 3.05) is 20.5 Å². The third-order valence-corrected chi connectivity index (χ3v) is 4.38. The van der Waals surface area contributed by atoms with E-state index in [-0.39, 0.29) is 19.3 Å². The summed E-state index contributed by atoms with van der Waals surface area (Å²) in [5, 5.41) is 3.86. The van der Waals surface area contributed by atoms with E-state index in [1.807, 2.05) is 36.4 Å². The topological polar surface area (TPSA) is 104 Å². The second kappa shape index (κ2) is 8.51. The van der Waals surface area contributed by atoms with E-state index in [0.29, 0.717) is 23.0 Å².